The molecule has 1 atom stereocenters. The summed E-state index contributed by atoms with van der Waals surface area (Å²) in [5, 5.41) is 3.26. The molecule has 8 heteroatoms. The van der Waals surface area contributed by atoms with Crippen LogP contribution in [0.4, 0.5) is 4.79 Å². The fourth-order valence-corrected chi connectivity index (χ4v) is 2.69. The van der Waals surface area contributed by atoms with Crippen LogP contribution in [-0.4, -0.2) is 41.0 Å². The molecular weight excluding hydrogens is 350 g/mol. The normalized spacial score (nSPS) is 19.0. The second kappa shape index (κ2) is 9.16. The van der Waals surface area contributed by atoms with Crippen molar-refractivity contribution in [1.29, 1.82) is 0 Å². The van der Waals surface area contributed by atoms with Crippen LogP contribution in [0.5, 0.6) is 0 Å². The van der Waals surface area contributed by atoms with Gasteiger partial charge in [0.1, 0.15) is 5.54 Å². The molecule has 4 amide bonds. The summed E-state index contributed by atoms with van der Waals surface area (Å²) in [7, 11) is 0. The Morgan fingerprint density at radius 2 is 1.93 bits per heavy atom. The number of hydrogen-bond donors (Lipinski definition) is 2. The van der Waals surface area contributed by atoms with Crippen LogP contribution in [-0.2, 0) is 25.5 Å². The van der Waals surface area contributed by atoms with E-state index in [1.165, 1.54) is 0 Å². The van der Waals surface area contributed by atoms with Gasteiger partial charge in [0.2, 0.25) is 0 Å². The number of rotatable bonds is 9. The SMILES string of the molecule is CCCCC(=O)OCC(=O)NN1C(=O)N[C@@](C)(CCc2ccccc2)C1=O. The van der Waals surface area contributed by atoms with Crippen LogP contribution in [0.15, 0.2) is 30.3 Å². The molecule has 0 spiro atoms. The standard InChI is InChI=1S/C19H25N3O5/c1-3-4-10-16(24)27-13-15(23)21-22-17(25)19(2,20-18(22)26)12-11-14-8-6-5-7-9-14/h5-9H,3-4,10-13H2,1-2H3,(H,20,26)(H,21,23)/t19-/m0/s1. The number of esters is 1. The van der Waals surface area contributed by atoms with Crippen LogP contribution in [0.2, 0.25) is 0 Å². The molecular formula is C19H25N3O5. The van der Waals surface area contributed by atoms with Gasteiger partial charge in [-0.3, -0.25) is 19.8 Å². The number of ether oxygens (including phenoxy) is 1. The minimum Gasteiger partial charge on any atom is -0.455 e. The largest absolute Gasteiger partial charge is 0.455 e. The van der Waals surface area contributed by atoms with E-state index in [1.54, 1.807) is 6.92 Å². The first kappa shape index (κ1) is 20.4. The Kier molecular flexibility index (Phi) is 6.92. The van der Waals surface area contributed by atoms with Gasteiger partial charge in [-0.25, -0.2) is 4.79 Å². The zero-order valence-electron chi connectivity index (χ0n) is 15.6. The lowest BCUT2D eigenvalue weighted by molar-refractivity contribution is -0.150. The minimum atomic E-state index is -1.11. The maximum atomic E-state index is 12.6. The Morgan fingerprint density at radius 1 is 1.22 bits per heavy atom. The second-order valence-electron chi connectivity index (χ2n) is 6.69. The zero-order chi connectivity index (χ0) is 19.9. The molecule has 1 heterocycles. The Morgan fingerprint density at radius 3 is 2.59 bits per heavy atom. The minimum absolute atomic E-state index is 0.227. The highest BCUT2D eigenvalue weighted by Gasteiger charge is 2.48. The predicted molar refractivity (Wildman–Crippen MR) is 97.2 cm³/mol. The zero-order valence-corrected chi connectivity index (χ0v) is 15.6. The van der Waals surface area contributed by atoms with Crippen molar-refractivity contribution >= 4 is 23.8 Å². The van der Waals surface area contributed by atoms with E-state index in [0.717, 1.165) is 12.0 Å². The summed E-state index contributed by atoms with van der Waals surface area (Å²) in [5.41, 5.74) is 2.13. The summed E-state index contributed by atoms with van der Waals surface area (Å²) in [6.45, 7) is 3.01. The summed E-state index contributed by atoms with van der Waals surface area (Å²) in [6, 6.07) is 8.89. The third kappa shape index (κ3) is 5.54. The first-order valence-corrected chi connectivity index (χ1v) is 9.01. The number of carbonyl (C=O) groups is 4. The number of hydrogen-bond acceptors (Lipinski definition) is 5. The third-order valence-electron chi connectivity index (χ3n) is 4.35. The van der Waals surface area contributed by atoms with Crippen LogP contribution in [0, 0.1) is 0 Å². The fourth-order valence-electron chi connectivity index (χ4n) is 2.69. The molecule has 0 aliphatic carbocycles. The van der Waals surface area contributed by atoms with Crippen molar-refractivity contribution in [3.63, 3.8) is 0 Å². The molecule has 146 valence electrons. The smallest absolute Gasteiger partial charge is 0.344 e. The number of imide groups is 1. The molecule has 0 saturated carbocycles. The number of unbranched alkanes of at least 4 members (excludes halogenated alkanes) is 1. The van der Waals surface area contributed by atoms with Gasteiger partial charge in [-0.15, -0.1) is 0 Å². The Hall–Kier alpha value is -2.90. The number of carbonyl (C=O) groups excluding carboxylic acids is 4. The average molecular weight is 375 g/mol. The van der Waals surface area contributed by atoms with Crippen molar-refractivity contribution in [2.24, 2.45) is 0 Å². The molecule has 1 aliphatic heterocycles. The molecule has 8 nitrogen and oxygen atoms in total. The lowest BCUT2D eigenvalue weighted by atomic mass is 9.93. The Labute approximate surface area is 158 Å². The first-order valence-electron chi connectivity index (χ1n) is 9.01. The van der Waals surface area contributed by atoms with Gasteiger partial charge in [-0.1, -0.05) is 43.7 Å². The maximum Gasteiger partial charge on any atom is 0.344 e. The number of aryl methyl sites for hydroxylation is 1. The summed E-state index contributed by atoms with van der Waals surface area (Å²) < 4.78 is 4.82. The predicted octanol–water partition coefficient (Wildman–Crippen LogP) is 1.69. The van der Waals surface area contributed by atoms with E-state index in [-0.39, 0.29) is 6.42 Å². The van der Waals surface area contributed by atoms with Gasteiger partial charge in [0.05, 0.1) is 0 Å². The summed E-state index contributed by atoms with van der Waals surface area (Å²) in [4.78, 5) is 48.0. The molecule has 1 saturated heterocycles. The third-order valence-corrected chi connectivity index (χ3v) is 4.35. The number of nitrogens with zero attached hydrogens (tertiary/aromatic N) is 1. The van der Waals surface area contributed by atoms with E-state index in [2.05, 4.69) is 10.7 Å². The summed E-state index contributed by atoms with van der Waals surface area (Å²) in [5.74, 6) is -1.78. The molecule has 1 aromatic rings. The van der Waals surface area contributed by atoms with Crippen molar-refractivity contribution in [3.05, 3.63) is 35.9 Å². The van der Waals surface area contributed by atoms with Crippen LogP contribution >= 0.6 is 0 Å². The van der Waals surface area contributed by atoms with Crippen LogP contribution in [0.1, 0.15) is 45.1 Å². The van der Waals surface area contributed by atoms with Gasteiger partial charge in [0.25, 0.3) is 11.8 Å². The number of benzene rings is 1. The average Bonchev–Trinajstić information content (AvgIpc) is 2.87. The maximum absolute atomic E-state index is 12.6. The first-order chi connectivity index (χ1) is 12.9. The quantitative estimate of drug-likeness (QED) is 0.505. The lowest BCUT2D eigenvalue weighted by Crippen LogP contribution is -2.50. The number of nitrogens with one attached hydrogen (secondary N) is 2. The topological polar surface area (TPSA) is 105 Å². The van der Waals surface area contributed by atoms with Crippen LogP contribution in [0.3, 0.4) is 0 Å². The Bertz CT molecular complexity index is 707. The number of hydrazine groups is 1. The van der Waals surface area contributed by atoms with Crippen molar-refractivity contribution < 1.29 is 23.9 Å². The van der Waals surface area contributed by atoms with Crippen LogP contribution in [0.25, 0.3) is 0 Å². The summed E-state index contributed by atoms with van der Waals surface area (Å²) in [6.07, 6.45) is 2.73. The highest BCUT2D eigenvalue weighted by molar-refractivity contribution is 6.07. The molecule has 27 heavy (non-hydrogen) atoms. The van der Waals surface area contributed by atoms with Crippen molar-refractivity contribution in [2.75, 3.05) is 6.61 Å². The molecule has 1 aliphatic rings. The van der Waals surface area contributed by atoms with Crippen molar-refractivity contribution in [1.82, 2.24) is 15.8 Å². The van der Waals surface area contributed by atoms with E-state index in [9.17, 15) is 19.2 Å². The molecule has 0 bridgehead atoms. The molecule has 1 aromatic carbocycles. The van der Waals surface area contributed by atoms with Crippen molar-refractivity contribution in [3.8, 4) is 0 Å². The molecule has 2 N–H and O–H groups in total. The lowest BCUT2D eigenvalue weighted by Gasteiger charge is -2.21. The highest BCUT2D eigenvalue weighted by Crippen LogP contribution is 2.22. The molecule has 0 aromatic heterocycles. The number of amides is 4. The highest BCUT2D eigenvalue weighted by atomic mass is 16.5. The van der Waals surface area contributed by atoms with Gasteiger partial charge >= 0.3 is 12.0 Å². The van der Waals surface area contributed by atoms with Gasteiger partial charge in [-0.2, -0.15) is 5.01 Å². The van der Waals surface area contributed by atoms with E-state index >= 15 is 0 Å². The van der Waals surface area contributed by atoms with Crippen molar-refractivity contribution in [2.45, 2.75) is 51.5 Å². The van der Waals surface area contributed by atoms with Gasteiger partial charge in [-0.05, 0) is 31.7 Å². The Balaban J connectivity index is 1.87. The molecule has 2 rings (SSSR count). The second-order valence-corrected chi connectivity index (χ2v) is 6.69. The number of urea groups is 1. The summed E-state index contributed by atoms with van der Waals surface area (Å²) >= 11 is 0. The van der Waals surface area contributed by atoms with Crippen LogP contribution < -0.4 is 10.7 Å². The van der Waals surface area contributed by atoms with E-state index < -0.39 is 36.0 Å². The van der Waals surface area contributed by atoms with E-state index in [1.807, 2.05) is 37.3 Å². The van der Waals surface area contributed by atoms with E-state index in [4.69, 9.17) is 4.74 Å². The fraction of sp³-hybridized carbons (Fsp3) is 0.474. The monoisotopic (exact) mass is 375 g/mol. The van der Waals surface area contributed by atoms with Gasteiger partial charge in [0.15, 0.2) is 6.61 Å². The molecule has 0 unspecified atom stereocenters. The molecule has 1 fully saturated rings. The van der Waals surface area contributed by atoms with E-state index in [0.29, 0.717) is 24.3 Å². The molecule has 0 radical (unpaired) electrons. The van der Waals surface area contributed by atoms with Gasteiger partial charge < -0.3 is 10.1 Å². The van der Waals surface area contributed by atoms with Gasteiger partial charge in [0, 0.05) is 6.42 Å².